The predicted molar refractivity (Wildman–Crippen MR) is 113 cm³/mol. The van der Waals surface area contributed by atoms with Gasteiger partial charge < -0.3 is 10.2 Å². The number of nitrogens with zero attached hydrogens (tertiary/aromatic N) is 2. The summed E-state index contributed by atoms with van der Waals surface area (Å²) in [6.45, 7) is 5.94. The first-order valence-corrected chi connectivity index (χ1v) is 10.0. The summed E-state index contributed by atoms with van der Waals surface area (Å²) in [5, 5.41) is 2.85. The maximum atomic E-state index is 13.8. The SMILES string of the molecule is CC(Cc1ccccc1F)C(=O)Nc1ccc(C(=O)CN2CCN(C)CC2)cc1. The number of Topliss-reactive ketones (excluding diaryl/α,β-unsaturated/α-hetero) is 1. The van der Waals surface area contributed by atoms with Crippen LogP contribution in [0.1, 0.15) is 22.8 Å². The number of hydrogen-bond donors (Lipinski definition) is 1. The second-order valence-corrected chi connectivity index (χ2v) is 7.77. The summed E-state index contributed by atoms with van der Waals surface area (Å²) < 4.78 is 13.8. The summed E-state index contributed by atoms with van der Waals surface area (Å²) in [5.41, 5.74) is 1.80. The topological polar surface area (TPSA) is 52.7 Å². The number of ketones is 1. The summed E-state index contributed by atoms with van der Waals surface area (Å²) in [5.74, 6) is -0.758. The molecular weight excluding hydrogens is 369 g/mol. The van der Waals surface area contributed by atoms with Crippen molar-refractivity contribution in [3.63, 3.8) is 0 Å². The molecular formula is C23H28FN3O2. The Kier molecular flexibility index (Phi) is 7.12. The lowest BCUT2D eigenvalue weighted by molar-refractivity contribution is -0.119. The van der Waals surface area contributed by atoms with Crippen molar-refractivity contribution in [2.75, 3.05) is 45.1 Å². The van der Waals surface area contributed by atoms with Gasteiger partial charge in [-0.15, -0.1) is 0 Å². The highest BCUT2D eigenvalue weighted by molar-refractivity contribution is 5.98. The lowest BCUT2D eigenvalue weighted by atomic mass is 10.00. The minimum atomic E-state index is -0.370. The molecule has 1 heterocycles. The van der Waals surface area contributed by atoms with Crippen LogP contribution < -0.4 is 5.32 Å². The molecule has 1 atom stereocenters. The van der Waals surface area contributed by atoms with Gasteiger partial charge in [-0.3, -0.25) is 14.5 Å². The fraction of sp³-hybridized carbons (Fsp3) is 0.391. The Morgan fingerprint density at radius 1 is 1.03 bits per heavy atom. The van der Waals surface area contributed by atoms with Gasteiger partial charge in [0.15, 0.2) is 5.78 Å². The summed E-state index contributed by atoms with van der Waals surface area (Å²) in [4.78, 5) is 29.3. The standard InChI is InChI=1S/C23H28FN3O2/c1-17(15-19-5-3-4-6-21(19)24)23(29)25-20-9-7-18(8-10-20)22(28)16-27-13-11-26(2)12-14-27/h3-10,17H,11-16H2,1-2H3,(H,25,29). The van der Waals surface area contributed by atoms with Gasteiger partial charge in [0.1, 0.15) is 5.82 Å². The Morgan fingerprint density at radius 3 is 2.34 bits per heavy atom. The number of anilines is 1. The van der Waals surface area contributed by atoms with E-state index in [9.17, 15) is 14.0 Å². The predicted octanol–water partition coefficient (Wildman–Crippen LogP) is 3.07. The van der Waals surface area contributed by atoms with Gasteiger partial charge in [0.05, 0.1) is 6.54 Å². The molecule has 1 amide bonds. The van der Waals surface area contributed by atoms with Crippen LogP contribution in [-0.2, 0) is 11.2 Å². The van der Waals surface area contributed by atoms with Crippen molar-refractivity contribution in [1.82, 2.24) is 9.80 Å². The van der Waals surface area contributed by atoms with Gasteiger partial charge in [0, 0.05) is 43.3 Å². The van der Waals surface area contributed by atoms with E-state index in [-0.39, 0.29) is 23.4 Å². The molecule has 5 nitrogen and oxygen atoms in total. The van der Waals surface area contributed by atoms with Crippen LogP contribution >= 0.6 is 0 Å². The van der Waals surface area contributed by atoms with E-state index in [1.54, 1.807) is 49.4 Å². The van der Waals surface area contributed by atoms with Gasteiger partial charge in [0.2, 0.25) is 5.91 Å². The summed E-state index contributed by atoms with van der Waals surface area (Å²) in [6, 6.07) is 13.5. The third-order valence-electron chi connectivity index (χ3n) is 5.37. The Balaban J connectivity index is 1.52. The van der Waals surface area contributed by atoms with Gasteiger partial charge >= 0.3 is 0 Å². The Morgan fingerprint density at radius 2 is 1.69 bits per heavy atom. The Hall–Kier alpha value is -2.57. The van der Waals surface area contributed by atoms with Gasteiger partial charge in [-0.25, -0.2) is 4.39 Å². The van der Waals surface area contributed by atoms with E-state index in [1.807, 2.05) is 0 Å². The number of piperazine rings is 1. The minimum Gasteiger partial charge on any atom is -0.326 e. The van der Waals surface area contributed by atoms with Crippen LogP contribution in [0.3, 0.4) is 0 Å². The molecule has 1 saturated heterocycles. The van der Waals surface area contributed by atoms with Crippen LogP contribution in [-0.4, -0.2) is 61.3 Å². The van der Waals surface area contributed by atoms with Gasteiger partial charge in [-0.05, 0) is 49.4 Å². The molecule has 1 unspecified atom stereocenters. The molecule has 0 aromatic heterocycles. The van der Waals surface area contributed by atoms with Gasteiger partial charge in [-0.1, -0.05) is 25.1 Å². The molecule has 0 aliphatic carbocycles. The van der Waals surface area contributed by atoms with Gasteiger partial charge in [0.25, 0.3) is 0 Å². The highest BCUT2D eigenvalue weighted by Crippen LogP contribution is 2.16. The molecule has 3 rings (SSSR count). The molecule has 0 spiro atoms. The molecule has 0 radical (unpaired) electrons. The van der Waals surface area contributed by atoms with Crippen LogP contribution in [0.25, 0.3) is 0 Å². The van der Waals surface area contributed by atoms with Crippen molar-refractivity contribution in [1.29, 1.82) is 0 Å². The van der Waals surface area contributed by atoms with Crippen molar-refractivity contribution >= 4 is 17.4 Å². The smallest absolute Gasteiger partial charge is 0.227 e. The van der Waals surface area contributed by atoms with E-state index in [0.29, 0.717) is 29.8 Å². The highest BCUT2D eigenvalue weighted by atomic mass is 19.1. The van der Waals surface area contributed by atoms with E-state index in [2.05, 4.69) is 22.2 Å². The fourth-order valence-corrected chi connectivity index (χ4v) is 3.39. The van der Waals surface area contributed by atoms with Crippen molar-refractivity contribution in [2.24, 2.45) is 5.92 Å². The maximum absolute atomic E-state index is 13.8. The molecule has 1 aliphatic heterocycles. The molecule has 6 heteroatoms. The number of carbonyl (C=O) groups excluding carboxylic acids is 2. The van der Waals surface area contributed by atoms with Crippen molar-refractivity contribution < 1.29 is 14.0 Å². The minimum absolute atomic E-state index is 0.0837. The molecule has 0 bridgehead atoms. The first-order valence-electron chi connectivity index (χ1n) is 10.0. The quantitative estimate of drug-likeness (QED) is 0.730. The van der Waals surface area contributed by atoms with Crippen LogP contribution in [0, 0.1) is 11.7 Å². The van der Waals surface area contributed by atoms with Crippen LogP contribution in [0.15, 0.2) is 48.5 Å². The summed E-state index contributed by atoms with van der Waals surface area (Å²) >= 11 is 0. The largest absolute Gasteiger partial charge is 0.326 e. The number of hydrogen-bond acceptors (Lipinski definition) is 4. The summed E-state index contributed by atoms with van der Waals surface area (Å²) in [6.07, 6.45) is 0.333. The number of likely N-dealkylation sites (N-methyl/N-ethyl adjacent to an activating group) is 1. The maximum Gasteiger partial charge on any atom is 0.227 e. The van der Waals surface area contributed by atoms with E-state index in [4.69, 9.17) is 0 Å². The third kappa shape index (κ3) is 5.95. The Bertz CT molecular complexity index is 845. The monoisotopic (exact) mass is 397 g/mol. The van der Waals surface area contributed by atoms with E-state index < -0.39 is 0 Å². The zero-order valence-corrected chi connectivity index (χ0v) is 17.0. The van der Waals surface area contributed by atoms with E-state index in [1.165, 1.54) is 6.07 Å². The number of carbonyl (C=O) groups is 2. The van der Waals surface area contributed by atoms with Crippen LogP contribution in [0.2, 0.25) is 0 Å². The molecule has 29 heavy (non-hydrogen) atoms. The number of nitrogens with one attached hydrogen (secondary N) is 1. The average molecular weight is 397 g/mol. The molecule has 0 saturated carbocycles. The van der Waals surface area contributed by atoms with E-state index in [0.717, 1.165) is 26.2 Å². The van der Waals surface area contributed by atoms with Gasteiger partial charge in [-0.2, -0.15) is 0 Å². The summed E-state index contributed by atoms with van der Waals surface area (Å²) in [7, 11) is 2.09. The highest BCUT2D eigenvalue weighted by Gasteiger charge is 2.18. The van der Waals surface area contributed by atoms with Crippen molar-refractivity contribution in [2.45, 2.75) is 13.3 Å². The fourth-order valence-electron chi connectivity index (χ4n) is 3.39. The third-order valence-corrected chi connectivity index (χ3v) is 5.37. The van der Waals surface area contributed by atoms with Crippen LogP contribution in [0.5, 0.6) is 0 Å². The lowest BCUT2D eigenvalue weighted by Crippen LogP contribution is -2.46. The van der Waals surface area contributed by atoms with E-state index >= 15 is 0 Å². The second kappa shape index (κ2) is 9.76. The van der Waals surface area contributed by atoms with Crippen LogP contribution in [0.4, 0.5) is 10.1 Å². The number of rotatable bonds is 7. The normalized spacial score (nSPS) is 16.4. The molecule has 154 valence electrons. The average Bonchev–Trinajstić information content (AvgIpc) is 2.72. The number of halogens is 1. The Labute approximate surface area is 171 Å². The van der Waals surface area contributed by atoms with Crippen molar-refractivity contribution in [3.05, 3.63) is 65.5 Å². The zero-order chi connectivity index (χ0) is 20.8. The molecule has 1 N–H and O–H groups in total. The first kappa shape index (κ1) is 21.1. The first-order chi connectivity index (χ1) is 13.9. The molecule has 2 aromatic carbocycles. The molecule has 2 aromatic rings. The second-order valence-electron chi connectivity index (χ2n) is 7.77. The number of amides is 1. The number of benzene rings is 2. The zero-order valence-electron chi connectivity index (χ0n) is 17.0. The molecule has 1 fully saturated rings. The molecule has 1 aliphatic rings. The lowest BCUT2D eigenvalue weighted by Gasteiger charge is -2.31. The van der Waals surface area contributed by atoms with Crippen molar-refractivity contribution in [3.8, 4) is 0 Å².